The predicted molar refractivity (Wildman–Crippen MR) is 80.1 cm³/mol. The Bertz CT molecular complexity index is 542. The lowest BCUT2D eigenvalue weighted by Gasteiger charge is -2.24. The second-order valence-electron chi connectivity index (χ2n) is 6.05. The molecular formula is C18H22. The van der Waals surface area contributed by atoms with Crippen LogP contribution in [0, 0.1) is 13.8 Å². The lowest BCUT2D eigenvalue weighted by Crippen LogP contribution is -2.13. The molecule has 18 heavy (non-hydrogen) atoms. The lowest BCUT2D eigenvalue weighted by molar-refractivity contribution is 0.586. The van der Waals surface area contributed by atoms with Crippen molar-refractivity contribution in [3.8, 4) is 11.1 Å². The van der Waals surface area contributed by atoms with E-state index in [-0.39, 0.29) is 5.41 Å². The second kappa shape index (κ2) is 4.61. The first-order chi connectivity index (χ1) is 8.41. The summed E-state index contributed by atoms with van der Waals surface area (Å²) in [7, 11) is 0. The molecule has 0 aliphatic rings. The highest BCUT2D eigenvalue weighted by atomic mass is 14.2. The van der Waals surface area contributed by atoms with Crippen LogP contribution in [0.3, 0.4) is 0 Å². The van der Waals surface area contributed by atoms with Crippen molar-refractivity contribution in [2.45, 2.75) is 40.0 Å². The molecule has 0 nitrogen and oxygen atoms in total. The van der Waals surface area contributed by atoms with Crippen LogP contribution in [0.5, 0.6) is 0 Å². The first-order valence-electron chi connectivity index (χ1n) is 6.57. The summed E-state index contributed by atoms with van der Waals surface area (Å²) in [5.41, 5.74) is 7.11. The van der Waals surface area contributed by atoms with Gasteiger partial charge in [-0.2, -0.15) is 0 Å². The van der Waals surface area contributed by atoms with Crippen LogP contribution in [0.4, 0.5) is 0 Å². The standard InChI is InChI=1S/C18H22/c1-13-11-12-16(18(3,4)5)14(2)17(13)15-9-7-6-8-10-15/h6-12H,1-5H3. The van der Waals surface area contributed by atoms with E-state index in [4.69, 9.17) is 0 Å². The van der Waals surface area contributed by atoms with E-state index in [1.807, 2.05) is 0 Å². The zero-order valence-corrected chi connectivity index (χ0v) is 12.0. The van der Waals surface area contributed by atoms with Crippen LogP contribution < -0.4 is 0 Å². The summed E-state index contributed by atoms with van der Waals surface area (Å²) in [4.78, 5) is 0. The molecule has 2 rings (SSSR count). The highest BCUT2D eigenvalue weighted by Crippen LogP contribution is 2.34. The van der Waals surface area contributed by atoms with Gasteiger partial charge in [0.25, 0.3) is 0 Å². The average molecular weight is 238 g/mol. The highest BCUT2D eigenvalue weighted by Gasteiger charge is 2.19. The molecule has 0 heteroatoms. The topological polar surface area (TPSA) is 0 Å². The molecule has 0 unspecified atom stereocenters. The van der Waals surface area contributed by atoms with Gasteiger partial charge in [-0.1, -0.05) is 63.2 Å². The van der Waals surface area contributed by atoms with Crippen molar-refractivity contribution in [1.29, 1.82) is 0 Å². The Labute approximate surface area is 111 Å². The maximum atomic E-state index is 2.28. The Morgan fingerprint density at radius 3 is 1.94 bits per heavy atom. The van der Waals surface area contributed by atoms with Crippen LogP contribution in [-0.2, 0) is 5.41 Å². The second-order valence-corrected chi connectivity index (χ2v) is 6.05. The van der Waals surface area contributed by atoms with Gasteiger partial charge in [-0.15, -0.1) is 0 Å². The van der Waals surface area contributed by atoms with Gasteiger partial charge in [0.1, 0.15) is 0 Å². The molecule has 0 atom stereocenters. The molecule has 0 N–H and O–H groups in total. The molecule has 0 fully saturated rings. The molecule has 2 aromatic rings. The summed E-state index contributed by atoms with van der Waals surface area (Å²) in [6.07, 6.45) is 0. The van der Waals surface area contributed by atoms with Gasteiger partial charge in [0.15, 0.2) is 0 Å². The average Bonchev–Trinajstić information content (AvgIpc) is 2.28. The molecule has 0 radical (unpaired) electrons. The molecule has 0 heterocycles. The molecular weight excluding hydrogens is 216 g/mol. The molecule has 2 aromatic carbocycles. The lowest BCUT2D eigenvalue weighted by atomic mass is 9.80. The predicted octanol–water partition coefficient (Wildman–Crippen LogP) is 5.27. The molecule has 0 spiro atoms. The van der Waals surface area contributed by atoms with E-state index < -0.39 is 0 Å². The first kappa shape index (κ1) is 12.9. The minimum atomic E-state index is 0.196. The Morgan fingerprint density at radius 2 is 1.39 bits per heavy atom. The molecule has 0 amide bonds. The van der Waals surface area contributed by atoms with Crippen molar-refractivity contribution in [2.24, 2.45) is 0 Å². The fourth-order valence-corrected chi connectivity index (χ4v) is 2.71. The van der Waals surface area contributed by atoms with Crippen LogP contribution in [0.2, 0.25) is 0 Å². The van der Waals surface area contributed by atoms with E-state index in [2.05, 4.69) is 77.1 Å². The first-order valence-corrected chi connectivity index (χ1v) is 6.57. The normalized spacial score (nSPS) is 11.6. The largest absolute Gasteiger partial charge is 0.0622 e. The maximum Gasteiger partial charge on any atom is -0.0122 e. The third-order valence-corrected chi connectivity index (χ3v) is 3.54. The Kier molecular flexibility index (Phi) is 3.30. The zero-order chi connectivity index (χ0) is 13.3. The zero-order valence-electron chi connectivity index (χ0n) is 12.0. The third-order valence-electron chi connectivity index (χ3n) is 3.54. The van der Waals surface area contributed by atoms with Crippen molar-refractivity contribution in [1.82, 2.24) is 0 Å². The van der Waals surface area contributed by atoms with Crippen LogP contribution >= 0.6 is 0 Å². The van der Waals surface area contributed by atoms with Gasteiger partial charge in [-0.25, -0.2) is 0 Å². The van der Waals surface area contributed by atoms with E-state index in [1.165, 1.54) is 27.8 Å². The molecule has 0 bridgehead atoms. The number of benzene rings is 2. The van der Waals surface area contributed by atoms with E-state index >= 15 is 0 Å². The van der Waals surface area contributed by atoms with Gasteiger partial charge in [0.2, 0.25) is 0 Å². The Morgan fingerprint density at radius 1 is 0.778 bits per heavy atom. The number of hydrogen-bond donors (Lipinski definition) is 0. The maximum absolute atomic E-state index is 2.28. The molecule has 0 saturated carbocycles. The van der Waals surface area contributed by atoms with Crippen molar-refractivity contribution in [3.63, 3.8) is 0 Å². The van der Waals surface area contributed by atoms with Gasteiger partial charge in [-0.3, -0.25) is 0 Å². The van der Waals surface area contributed by atoms with Crippen molar-refractivity contribution in [2.75, 3.05) is 0 Å². The van der Waals surface area contributed by atoms with Crippen LogP contribution in [0.15, 0.2) is 42.5 Å². The van der Waals surface area contributed by atoms with Gasteiger partial charge in [0.05, 0.1) is 0 Å². The van der Waals surface area contributed by atoms with Gasteiger partial charge in [-0.05, 0) is 47.1 Å². The Hall–Kier alpha value is -1.56. The summed E-state index contributed by atoms with van der Waals surface area (Å²) in [5, 5.41) is 0. The smallest absolute Gasteiger partial charge is 0.0122 e. The van der Waals surface area contributed by atoms with Gasteiger partial charge >= 0.3 is 0 Å². The van der Waals surface area contributed by atoms with Crippen LogP contribution in [-0.4, -0.2) is 0 Å². The van der Waals surface area contributed by atoms with E-state index in [9.17, 15) is 0 Å². The summed E-state index contributed by atoms with van der Waals surface area (Å²) in [6, 6.07) is 15.2. The van der Waals surface area contributed by atoms with Gasteiger partial charge < -0.3 is 0 Å². The van der Waals surface area contributed by atoms with Crippen molar-refractivity contribution in [3.05, 3.63) is 59.2 Å². The van der Waals surface area contributed by atoms with Crippen molar-refractivity contribution >= 4 is 0 Å². The highest BCUT2D eigenvalue weighted by molar-refractivity contribution is 5.72. The molecule has 0 aliphatic carbocycles. The summed E-state index contributed by atoms with van der Waals surface area (Å²) in [6.45, 7) is 11.3. The molecule has 0 aliphatic heterocycles. The van der Waals surface area contributed by atoms with Crippen molar-refractivity contribution < 1.29 is 0 Å². The molecule has 0 aromatic heterocycles. The van der Waals surface area contributed by atoms with E-state index in [0.717, 1.165) is 0 Å². The number of rotatable bonds is 1. The fraction of sp³-hybridized carbons (Fsp3) is 0.333. The quantitative estimate of drug-likeness (QED) is 0.635. The van der Waals surface area contributed by atoms with E-state index in [1.54, 1.807) is 0 Å². The summed E-state index contributed by atoms with van der Waals surface area (Å²) >= 11 is 0. The Balaban J connectivity index is 2.68. The molecule has 94 valence electrons. The summed E-state index contributed by atoms with van der Waals surface area (Å²) in [5.74, 6) is 0. The van der Waals surface area contributed by atoms with E-state index in [0.29, 0.717) is 0 Å². The minimum absolute atomic E-state index is 0.196. The van der Waals surface area contributed by atoms with Gasteiger partial charge in [0, 0.05) is 0 Å². The summed E-state index contributed by atoms with van der Waals surface area (Å²) < 4.78 is 0. The van der Waals surface area contributed by atoms with Crippen LogP contribution in [0.1, 0.15) is 37.5 Å². The third kappa shape index (κ3) is 2.33. The molecule has 0 saturated heterocycles. The fourth-order valence-electron chi connectivity index (χ4n) is 2.71. The number of aryl methyl sites for hydroxylation is 1. The SMILES string of the molecule is Cc1ccc(C(C)(C)C)c(C)c1-c1ccccc1. The monoisotopic (exact) mass is 238 g/mol. The minimum Gasteiger partial charge on any atom is -0.0622 e. The van der Waals surface area contributed by atoms with Crippen LogP contribution in [0.25, 0.3) is 11.1 Å². The number of hydrogen-bond acceptors (Lipinski definition) is 0.